The molecule has 3 rings (SSSR count). The zero-order chi connectivity index (χ0) is 26.3. The molecule has 0 N–H and O–H groups in total. The maximum absolute atomic E-state index is 13.8. The number of halogens is 1. The number of hydrogen-bond acceptors (Lipinski definition) is 3. The van der Waals surface area contributed by atoms with Gasteiger partial charge in [-0.05, 0) is 42.0 Å². The fraction of sp³-hybridized carbons (Fsp3) is 0.515. The van der Waals surface area contributed by atoms with Gasteiger partial charge in [-0.15, -0.1) is 0 Å². The number of ether oxygens (including phenoxy) is 1. The van der Waals surface area contributed by atoms with Crippen molar-refractivity contribution in [3.63, 3.8) is 0 Å². The van der Waals surface area contributed by atoms with Crippen LogP contribution < -0.4 is 4.74 Å². The fourth-order valence-electron chi connectivity index (χ4n) is 4.38. The zero-order valence-electron chi connectivity index (χ0n) is 23.1. The van der Waals surface area contributed by atoms with Crippen molar-refractivity contribution in [1.82, 2.24) is 9.97 Å². The smallest absolute Gasteiger partial charge is 0.159 e. The highest BCUT2D eigenvalue weighted by atomic mass is 19.1. The number of rotatable bonds is 17. The van der Waals surface area contributed by atoms with Crippen molar-refractivity contribution in [2.45, 2.75) is 97.6 Å². The molecule has 0 aliphatic rings. The van der Waals surface area contributed by atoms with Crippen molar-refractivity contribution in [3.8, 4) is 28.3 Å². The summed E-state index contributed by atoms with van der Waals surface area (Å²) in [5.74, 6) is 1.36. The van der Waals surface area contributed by atoms with Gasteiger partial charge < -0.3 is 4.74 Å². The summed E-state index contributed by atoms with van der Waals surface area (Å²) < 4.78 is 19.3. The first-order chi connectivity index (χ1) is 18.1. The molecule has 0 aliphatic heterocycles. The van der Waals surface area contributed by atoms with Crippen LogP contribution in [0.15, 0.2) is 60.9 Å². The molecule has 0 radical (unpaired) electrons. The molecule has 0 aliphatic carbocycles. The highest BCUT2D eigenvalue weighted by Gasteiger charge is 2.12. The maximum atomic E-state index is 13.8. The third kappa shape index (κ3) is 10.3. The second-order valence-corrected chi connectivity index (χ2v) is 10.5. The molecule has 37 heavy (non-hydrogen) atoms. The largest absolute Gasteiger partial charge is 0.491 e. The van der Waals surface area contributed by atoms with E-state index in [4.69, 9.17) is 4.74 Å². The Morgan fingerprint density at radius 2 is 1.22 bits per heavy atom. The molecule has 4 heteroatoms. The molecule has 2 aromatic carbocycles. The van der Waals surface area contributed by atoms with Gasteiger partial charge in [-0.3, -0.25) is 0 Å². The quantitative estimate of drug-likeness (QED) is 0.172. The average molecular weight is 505 g/mol. The first kappa shape index (κ1) is 28.8. The minimum atomic E-state index is -0.964. The summed E-state index contributed by atoms with van der Waals surface area (Å²) >= 11 is 0. The van der Waals surface area contributed by atoms with E-state index in [0.717, 1.165) is 28.9 Å². The molecule has 0 bridgehead atoms. The van der Waals surface area contributed by atoms with Gasteiger partial charge in [0.2, 0.25) is 0 Å². The van der Waals surface area contributed by atoms with Crippen LogP contribution in [0.5, 0.6) is 5.75 Å². The van der Waals surface area contributed by atoms with Crippen LogP contribution in [0.4, 0.5) is 4.39 Å². The Morgan fingerprint density at radius 1 is 0.676 bits per heavy atom. The second-order valence-electron chi connectivity index (χ2n) is 10.5. The molecule has 1 unspecified atom stereocenters. The van der Waals surface area contributed by atoms with E-state index in [1.807, 2.05) is 50.5 Å². The predicted octanol–water partition coefficient (Wildman–Crippen LogP) is 9.65. The molecule has 0 saturated heterocycles. The van der Waals surface area contributed by atoms with Crippen molar-refractivity contribution >= 4 is 0 Å². The van der Waals surface area contributed by atoms with Crippen LogP contribution in [-0.4, -0.2) is 22.7 Å². The van der Waals surface area contributed by atoms with Crippen LogP contribution in [0.1, 0.15) is 90.5 Å². The van der Waals surface area contributed by atoms with E-state index in [-0.39, 0.29) is 12.5 Å². The number of unbranched alkanes of at least 4 members (excludes halogenated alkanes) is 9. The highest BCUT2D eigenvalue weighted by Crippen LogP contribution is 2.24. The molecule has 1 heterocycles. The Morgan fingerprint density at radius 3 is 1.78 bits per heavy atom. The number of aryl methyl sites for hydroxylation is 1. The van der Waals surface area contributed by atoms with Gasteiger partial charge in [-0.1, -0.05) is 115 Å². The monoisotopic (exact) mass is 504 g/mol. The Balaban J connectivity index is 1.40. The van der Waals surface area contributed by atoms with Crippen LogP contribution in [0.3, 0.4) is 0 Å². The van der Waals surface area contributed by atoms with Crippen LogP contribution in [0, 0.1) is 5.92 Å². The lowest BCUT2D eigenvalue weighted by Crippen LogP contribution is -2.18. The Hall–Kier alpha value is -2.75. The standard InChI is InChI=1S/C33H45FN2O/c1-4-5-6-7-8-9-10-11-12-13-14-27-15-17-29(18-16-27)33-35-23-30(24-36-33)28-19-21-31(22-20-28)37-25-32(34)26(2)3/h15-24,26,32H,4-14,25H2,1-3H3. The Kier molecular flexibility index (Phi) is 12.6. The number of benzene rings is 2. The lowest BCUT2D eigenvalue weighted by atomic mass is 10.0. The first-order valence-corrected chi connectivity index (χ1v) is 14.4. The maximum Gasteiger partial charge on any atom is 0.159 e. The summed E-state index contributed by atoms with van der Waals surface area (Å²) in [6, 6.07) is 16.3. The van der Waals surface area contributed by atoms with Gasteiger partial charge in [0.05, 0.1) is 0 Å². The minimum absolute atomic E-state index is 0.0457. The molecule has 0 fully saturated rings. The molecule has 0 amide bonds. The van der Waals surface area contributed by atoms with Gasteiger partial charge in [-0.25, -0.2) is 14.4 Å². The van der Waals surface area contributed by atoms with Crippen molar-refractivity contribution in [1.29, 1.82) is 0 Å². The Bertz CT molecular complexity index is 1000. The summed E-state index contributed by atoms with van der Waals surface area (Å²) in [6.07, 6.45) is 17.6. The van der Waals surface area contributed by atoms with Crippen molar-refractivity contribution in [2.75, 3.05) is 6.61 Å². The Labute approximate surface area is 223 Å². The average Bonchev–Trinajstić information content (AvgIpc) is 2.93. The van der Waals surface area contributed by atoms with E-state index in [1.54, 1.807) is 0 Å². The van der Waals surface area contributed by atoms with Crippen LogP contribution in [0.25, 0.3) is 22.5 Å². The minimum Gasteiger partial charge on any atom is -0.491 e. The van der Waals surface area contributed by atoms with Gasteiger partial charge in [0.1, 0.15) is 18.5 Å². The molecular formula is C33H45FN2O. The summed E-state index contributed by atoms with van der Waals surface area (Å²) in [6.45, 7) is 6.06. The molecule has 0 spiro atoms. The predicted molar refractivity (Wildman–Crippen MR) is 154 cm³/mol. The lowest BCUT2D eigenvalue weighted by molar-refractivity contribution is 0.155. The molecule has 200 valence electrons. The molecule has 3 nitrogen and oxygen atoms in total. The van der Waals surface area contributed by atoms with E-state index >= 15 is 0 Å². The van der Waals surface area contributed by atoms with E-state index in [1.165, 1.54) is 69.8 Å². The normalized spacial score (nSPS) is 12.1. The van der Waals surface area contributed by atoms with E-state index in [2.05, 4.69) is 41.2 Å². The van der Waals surface area contributed by atoms with Crippen LogP contribution in [-0.2, 0) is 6.42 Å². The second kappa shape index (κ2) is 16.2. The number of hydrogen-bond donors (Lipinski definition) is 0. The third-order valence-electron chi connectivity index (χ3n) is 7.00. The van der Waals surface area contributed by atoms with Crippen molar-refractivity contribution < 1.29 is 9.13 Å². The van der Waals surface area contributed by atoms with E-state index < -0.39 is 6.17 Å². The summed E-state index contributed by atoms with van der Waals surface area (Å²) in [4.78, 5) is 9.18. The van der Waals surface area contributed by atoms with Gasteiger partial charge in [-0.2, -0.15) is 0 Å². The molecule has 1 aromatic heterocycles. The van der Waals surface area contributed by atoms with E-state index in [0.29, 0.717) is 5.75 Å². The summed E-state index contributed by atoms with van der Waals surface area (Å²) in [7, 11) is 0. The van der Waals surface area contributed by atoms with E-state index in [9.17, 15) is 4.39 Å². The SMILES string of the molecule is CCCCCCCCCCCCc1ccc(-c2ncc(-c3ccc(OCC(F)C(C)C)cc3)cn2)cc1. The molecule has 3 aromatic rings. The molecule has 1 atom stereocenters. The molecular weight excluding hydrogens is 459 g/mol. The summed E-state index contributed by atoms with van der Waals surface area (Å²) in [5.41, 5.74) is 4.37. The fourth-order valence-corrected chi connectivity index (χ4v) is 4.38. The molecule has 0 saturated carbocycles. The first-order valence-electron chi connectivity index (χ1n) is 14.4. The van der Waals surface area contributed by atoms with Gasteiger partial charge in [0, 0.05) is 23.5 Å². The highest BCUT2D eigenvalue weighted by molar-refractivity contribution is 5.64. The van der Waals surface area contributed by atoms with Crippen LogP contribution >= 0.6 is 0 Å². The number of alkyl halides is 1. The topological polar surface area (TPSA) is 35.0 Å². The zero-order valence-corrected chi connectivity index (χ0v) is 23.1. The summed E-state index contributed by atoms with van der Waals surface area (Å²) in [5, 5.41) is 0. The van der Waals surface area contributed by atoms with Crippen LogP contribution in [0.2, 0.25) is 0 Å². The number of aromatic nitrogens is 2. The van der Waals surface area contributed by atoms with Gasteiger partial charge >= 0.3 is 0 Å². The number of nitrogens with zero attached hydrogens (tertiary/aromatic N) is 2. The third-order valence-corrected chi connectivity index (χ3v) is 7.00. The van der Waals surface area contributed by atoms with Crippen molar-refractivity contribution in [3.05, 3.63) is 66.5 Å². The van der Waals surface area contributed by atoms with Gasteiger partial charge in [0.15, 0.2) is 5.82 Å². The van der Waals surface area contributed by atoms with Crippen molar-refractivity contribution in [2.24, 2.45) is 5.92 Å². The lowest BCUT2D eigenvalue weighted by Gasteiger charge is -2.13. The van der Waals surface area contributed by atoms with Gasteiger partial charge in [0.25, 0.3) is 0 Å².